The van der Waals surface area contributed by atoms with Gasteiger partial charge in [0.25, 0.3) is 11.8 Å². The number of quaternary nitrogens is 1. The maximum atomic E-state index is 12.5. The maximum absolute atomic E-state index is 12.5. The van der Waals surface area contributed by atoms with Gasteiger partial charge in [0.1, 0.15) is 0 Å². The van der Waals surface area contributed by atoms with Crippen LogP contribution in [0.1, 0.15) is 29.2 Å². The Morgan fingerprint density at radius 3 is 2.36 bits per heavy atom. The highest BCUT2D eigenvalue weighted by atomic mass is 16.2. The number of nitrogens with one attached hydrogen (secondary N) is 3. The van der Waals surface area contributed by atoms with Crippen molar-refractivity contribution in [2.45, 2.75) is 33.7 Å². The van der Waals surface area contributed by atoms with Gasteiger partial charge in [0.15, 0.2) is 12.6 Å². The summed E-state index contributed by atoms with van der Waals surface area (Å²) in [6.45, 7) is 7.90. The molecule has 0 aliphatic rings. The van der Waals surface area contributed by atoms with Crippen LogP contribution in [0.5, 0.6) is 0 Å². The van der Waals surface area contributed by atoms with E-state index in [9.17, 15) is 9.59 Å². The Hall–Kier alpha value is -3.17. The van der Waals surface area contributed by atoms with Crippen LogP contribution < -0.4 is 15.5 Å². The number of hydrogen-bond acceptors (Lipinski definition) is 3. The number of nitriles is 1. The van der Waals surface area contributed by atoms with Crippen LogP contribution in [0.15, 0.2) is 36.4 Å². The highest BCUT2D eigenvalue weighted by Gasteiger charge is 2.24. The number of rotatable bonds is 6. The monoisotopic (exact) mass is 379 g/mol. The summed E-state index contributed by atoms with van der Waals surface area (Å²) in [4.78, 5) is 25.7. The molecule has 6 heteroatoms. The lowest BCUT2D eigenvalue weighted by Gasteiger charge is -2.21. The van der Waals surface area contributed by atoms with E-state index >= 15 is 0 Å². The fraction of sp³-hybridized carbons (Fsp3) is 0.318. The van der Waals surface area contributed by atoms with Crippen molar-refractivity contribution in [2.75, 3.05) is 24.2 Å². The number of anilines is 2. The van der Waals surface area contributed by atoms with E-state index in [2.05, 4.69) is 10.6 Å². The van der Waals surface area contributed by atoms with Crippen molar-refractivity contribution in [3.63, 3.8) is 0 Å². The summed E-state index contributed by atoms with van der Waals surface area (Å²) in [5.74, 6) is -0.346. The molecule has 3 N–H and O–H groups in total. The third-order valence-corrected chi connectivity index (χ3v) is 4.77. The number of nitrogens with zero attached hydrogens (tertiary/aromatic N) is 1. The predicted molar refractivity (Wildman–Crippen MR) is 110 cm³/mol. The van der Waals surface area contributed by atoms with Gasteiger partial charge in [-0.3, -0.25) is 9.59 Å². The topological polar surface area (TPSA) is 86.4 Å². The van der Waals surface area contributed by atoms with Crippen LogP contribution in [-0.2, 0) is 9.59 Å². The first-order valence-corrected chi connectivity index (χ1v) is 9.22. The van der Waals surface area contributed by atoms with Crippen LogP contribution in [-0.4, -0.2) is 31.4 Å². The molecule has 2 aromatic rings. The van der Waals surface area contributed by atoms with E-state index < -0.39 is 6.04 Å². The molecule has 2 amide bonds. The van der Waals surface area contributed by atoms with Crippen molar-refractivity contribution in [3.05, 3.63) is 58.7 Å². The number of carbonyl (C=O) groups is 2. The number of aryl methyl sites for hydroxylation is 3. The van der Waals surface area contributed by atoms with Gasteiger partial charge in [-0.05, 0) is 57.0 Å². The molecule has 2 rings (SSSR count). The molecule has 0 saturated carbocycles. The number of hydrogen-bond donors (Lipinski definition) is 3. The summed E-state index contributed by atoms with van der Waals surface area (Å²) >= 11 is 0. The zero-order chi connectivity index (χ0) is 20.8. The SMILES string of the molecule is Cc1cc(C)c(NC(=O)C[NH+](C)[C@@H](C)C(=O)Nc2cccc(C#N)c2)c(C)c1. The van der Waals surface area contributed by atoms with Crippen LogP contribution in [0.25, 0.3) is 0 Å². The Morgan fingerprint density at radius 1 is 1.11 bits per heavy atom. The normalized spacial score (nSPS) is 12.6. The molecule has 0 saturated heterocycles. The zero-order valence-corrected chi connectivity index (χ0v) is 17.0. The molecule has 0 radical (unpaired) electrons. The Kier molecular flexibility index (Phi) is 6.91. The first-order valence-electron chi connectivity index (χ1n) is 9.22. The maximum Gasteiger partial charge on any atom is 0.282 e. The molecule has 0 heterocycles. The summed E-state index contributed by atoms with van der Waals surface area (Å²) in [6.07, 6.45) is 0. The summed E-state index contributed by atoms with van der Waals surface area (Å²) in [5, 5.41) is 14.7. The van der Waals surface area contributed by atoms with E-state index in [0.717, 1.165) is 27.3 Å². The first-order chi connectivity index (χ1) is 13.2. The van der Waals surface area contributed by atoms with Gasteiger partial charge in [0.05, 0.1) is 18.7 Å². The Labute approximate surface area is 166 Å². The summed E-state index contributed by atoms with van der Waals surface area (Å²) in [7, 11) is 1.81. The molecule has 0 aliphatic heterocycles. The lowest BCUT2D eigenvalue weighted by molar-refractivity contribution is -0.885. The quantitative estimate of drug-likeness (QED) is 0.717. The molecule has 0 aromatic heterocycles. The van der Waals surface area contributed by atoms with Gasteiger partial charge in [-0.15, -0.1) is 0 Å². The van der Waals surface area contributed by atoms with Gasteiger partial charge in [-0.2, -0.15) is 5.26 Å². The third-order valence-electron chi connectivity index (χ3n) is 4.77. The van der Waals surface area contributed by atoms with Crippen molar-refractivity contribution in [2.24, 2.45) is 0 Å². The van der Waals surface area contributed by atoms with Gasteiger partial charge < -0.3 is 15.5 Å². The summed E-state index contributed by atoms with van der Waals surface area (Å²) in [6, 6.07) is 12.4. The first kappa shape index (κ1) is 21.1. The minimum Gasteiger partial charge on any atom is -0.321 e. The summed E-state index contributed by atoms with van der Waals surface area (Å²) < 4.78 is 0. The van der Waals surface area contributed by atoms with Gasteiger partial charge in [0.2, 0.25) is 0 Å². The highest BCUT2D eigenvalue weighted by Crippen LogP contribution is 2.21. The minimum absolute atomic E-state index is 0.140. The smallest absolute Gasteiger partial charge is 0.282 e. The van der Waals surface area contributed by atoms with Crippen LogP contribution in [0.4, 0.5) is 11.4 Å². The Morgan fingerprint density at radius 2 is 1.75 bits per heavy atom. The van der Waals surface area contributed by atoms with E-state index in [1.54, 1.807) is 31.2 Å². The van der Waals surface area contributed by atoms with E-state index in [1.165, 1.54) is 0 Å². The molecule has 146 valence electrons. The van der Waals surface area contributed by atoms with E-state index in [0.29, 0.717) is 11.3 Å². The molecule has 0 spiro atoms. The number of benzene rings is 2. The molecule has 28 heavy (non-hydrogen) atoms. The van der Waals surface area contributed by atoms with Crippen LogP contribution in [0.3, 0.4) is 0 Å². The molecule has 2 atom stereocenters. The van der Waals surface area contributed by atoms with Crippen molar-refractivity contribution in [1.29, 1.82) is 5.26 Å². The summed E-state index contributed by atoms with van der Waals surface area (Å²) in [5.41, 5.74) is 5.07. The molecule has 0 fully saturated rings. The number of amides is 2. The average Bonchev–Trinajstić information content (AvgIpc) is 2.64. The van der Waals surface area contributed by atoms with Crippen molar-refractivity contribution in [3.8, 4) is 6.07 Å². The fourth-order valence-electron chi connectivity index (χ4n) is 3.11. The molecule has 0 aliphatic carbocycles. The molecule has 6 nitrogen and oxygen atoms in total. The largest absolute Gasteiger partial charge is 0.321 e. The highest BCUT2D eigenvalue weighted by molar-refractivity contribution is 5.95. The lowest BCUT2D eigenvalue weighted by Crippen LogP contribution is -3.14. The molecular formula is C22H27N4O2+. The second-order valence-electron chi connectivity index (χ2n) is 7.25. The lowest BCUT2D eigenvalue weighted by atomic mass is 10.1. The molecule has 1 unspecified atom stereocenters. The van der Waals surface area contributed by atoms with Crippen molar-refractivity contribution < 1.29 is 14.5 Å². The number of carbonyl (C=O) groups excluding carboxylic acids is 2. The zero-order valence-electron chi connectivity index (χ0n) is 17.0. The Balaban J connectivity index is 1.97. The second-order valence-corrected chi connectivity index (χ2v) is 7.25. The van der Waals surface area contributed by atoms with Gasteiger partial charge in [0, 0.05) is 11.4 Å². The molecular weight excluding hydrogens is 352 g/mol. The predicted octanol–water partition coefficient (Wildman–Crippen LogP) is 1.96. The molecule has 2 aromatic carbocycles. The Bertz CT molecular complexity index is 907. The average molecular weight is 379 g/mol. The standard InChI is InChI=1S/C22H26N4O2/c1-14-9-15(2)21(16(3)10-14)25-20(27)13-26(5)17(4)22(28)24-19-8-6-7-18(11-19)12-23/h6-11,17H,13H2,1-5H3,(H,24,28)(H,25,27)/p+1/t17-/m0/s1. The molecule has 0 bridgehead atoms. The van der Waals surface area contributed by atoms with Gasteiger partial charge in [-0.1, -0.05) is 23.8 Å². The van der Waals surface area contributed by atoms with E-state index in [-0.39, 0.29) is 18.4 Å². The van der Waals surface area contributed by atoms with Gasteiger partial charge >= 0.3 is 0 Å². The van der Waals surface area contributed by atoms with E-state index in [4.69, 9.17) is 5.26 Å². The number of likely N-dealkylation sites (N-methyl/N-ethyl adjacent to an activating group) is 1. The van der Waals surface area contributed by atoms with Crippen molar-refractivity contribution >= 4 is 23.2 Å². The van der Waals surface area contributed by atoms with Crippen molar-refractivity contribution in [1.82, 2.24) is 0 Å². The second kappa shape index (κ2) is 9.16. The van der Waals surface area contributed by atoms with Crippen LogP contribution in [0.2, 0.25) is 0 Å². The van der Waals surface area contributed by atoms with Crippen LogP contribution >= 0.6 is 0 Å². The van der Waals surface area contributed by atoms with Gasteiger partial charge in [-0.25, -0.2) is 0 Å². The fourth-order valence-corrected chi connectivity index (χ4v) is 3.11. The van der Waals surface area contributed by atoms with Crippen LogP contribution in [0, 0.1) is 32.1 Å². The van der Waals surface area contributed by atoms with E-state index in [1.807, 2.05) is 46.0 Å². The third kappa shape index (κ3) is 5.41. The minimum atomic E-state index is -0.434.